The third-order valence-electron chi connectivity index (χ3n) is 9.66. The third kappa shape index (κ3) is 5.95. The molecule has 1 saturated carbocycles. The number of rotatable bonds is 7. The molecule has 3 atom stereocenters. The minimum Gasteiger partial charge on any atom is -0.367 e. The molecule has 258 valence electrons. The molecule has 2 bridgehead atoms. The van der Waals surface area contributed by atoms with Gasteiger partial charge in [0.1, 0.15) is 23.5 Å². The number of anilines is 1. The molecule has 5 aliphatic rings. The number of urea groups is 1. The number of benzene rings is 1. The molecule has 48 heavy (non-hydrogen) atoms. The Balaban J connectivity index is 1.05. The number of hydrogen-bond acceptors (Lipinski definition) is 10. The van der Waals surface area contributed by atoms with E-state index >= 15 is 4.39 Å². The van der Waals surface area contributed by atoms with Gasteiger partial charge in [0.15, 0.2) is 0 Å². The first-order valence-electron chi connectivity index (χ1n) is 15.9. The Morgan fingerprint density at radius 2 is 1.69 bits per heavy atom. The standard InChI is InChI=1S/C29H35FN8O9S/c30-20-12-18-23(13-24(20)34-10-7-31-8-11-34)36(16-3-4-16)15-19(25(18)39)26(40)32-33-27(41)21-2-1-9-35(21)28(42)22-6-5-17-14-37(22)29(43)38(17)47-48(44,45)46/h12-13,15-17,21-22,31H,1-11,14H2,(H,32,40)(H,33,41)(H,44,45,46)/t17-,21+,22+/m1/s1. The van der Waals surface area contributed by atoms with E-state index in [0.29, 0.717) is 48.9 Å². The van der Waals surface area contributed by atoms with Crippen molar-refractivity contribution >= 4 is 50.7 Å². The van der Waals surface area contributed by atoms with Gasteiger partial charge in [0.2, 0.25) is 11.3 Å². The average Bonchev–Trinajstić information content (AvgIpc) is 3.74. The number of halogens is 1. The highest BCUT2D eigenvalue weighted by Crippen LogP contribution is 2.38. The average molecular weight is 691 g/mol. The number of nitrogens with zero attached hydrogens (tertiary/aromatic N) is 5. The fourth-order valence-corrected chi connectivity index (χ4v) is 7.56. The van der Waals surface area contributed by atoms with Crippen LogP contribution in [0.25, 0.3) is 10.9 Å². The van der Waals surface area contributed by atoms with E-state index in [1.807, 2.05) is 9.47 Å². The zero-order valence-electron chi connectivity index (χ0n) is 25.8. The van der Waals surface area contributed by atoms with Crippen LogP contribution in [-0.2, 0) is 24.3 Å². The first-order chi connectivity index (χ1) is 22.9. The highest BCUT2D eigenvalue weighted by atomic mass is 32.3. The number of nitrogens with one attached hydrogen (secondary N) is 3. The predicted molar refractivity (Wildman–Crippen MR) is 165 cm³/mol. The number of fused-ring (bicyclic) bond motifs is 3. The lowest BCUT2D eigenvalue weighted by Gasteiger charge is -2.34. The van der Waals surface area contributed by atoms with Gasteiger partial charge in [0.05, 0.1) is 17.2 Å². The summed E-state index contributed by atoms with van der Waals surface area (Å²) in [5.74, 6) is -2.69. The molecular formula is C29H35FN8O9S. The zero-order chi connectivity index (χ0) is 33.9. The van der Waals surface area contributed by atoms with Crippen molar-refractivity contribution in [2.45, 2.75) is 62.7 Å². The number of hydrazine groups is 1. The van der Waals surface area contributed by atoms with Gasteiger partial charge in [-0.2, -0.15) is 13.5 Å². The van der Waals surface area contributed by atoms with E-state index < -0.39 is 63.5 Å². The van der Waals surface area contributed by atoms with Crippen LogP contribution < -0.4 is 26.5 Å². The number of carbonyl (C=O) groups excluding carboxylic acids is 4. The van der Waals surface area contributed by atoms with E-state index in [1.165, 1.54) is 11.1 Å². The van der Waals surface area contributed by atoms with Gasteiger partial charge >= 0.3 is 16.4 Å². The van der Waals surface area contributed by atoms with Gasteiger partial charge in [0, 0.05) is 56.9 Å². The quantitative estimate of drug-likeness (QED) is 0.218. The van der Waals surface area contributed by atoms with Gasteiger partial charge in [0.25, 0.3) is 11.8 Å². The SMILES string of the molecule is O=C(NNC(=O)[C@@H]1CCCN1C(=O)[C@@H]1CC[C@@H]2CN1C(=O)N2OS(=O)(=O)O)c1cn(C2CC2)c2cc(N3CCNCC3)c(F)cc2c1=O. The zero-order valence-corrected chi connectivity index (χ0v) is 26.6. The van der Waals surface area contributed by atoms with E-state index in [4.69, 9.17) is 4.55 Å². The van der Waals surface area contributed by atoms with Gasteiger partial charge in [-0.1, -0.05) is 0 Å². The Kier molecular flexibility index (Phi) is 8.25. The molecule has 1 aliphatic carbocycles. The lowest BCUT2D eigenvalue weighted by molar-refractivity contribution is -0.142. The Bertz CT molecular complexity index is 1860. The topological polar surface area (TPSA) is 203 Å². The van der Waals surface area contributed by atoms with Crippen LogP contribution >= 0.6 is 0 Å². The summed E-state index contributed by atoms with van der Waals surface area (Å²) < 4.78 is 53.0. The molecule has 5 amide bonds. The monoisotopic (exact) mass is 690 g/mol. The van der Waals surface area contributed by atoms with Crippen LogP contribution in [0.2, 0.25) is 0 Å². The molecule has 0 radical (unpaired) electrons. The minimum atomic E-state index is -4.96. The predicted octanol–water partition coefficient (Wildman–Crippen LogP) is -0.360. The van der Waals surface area contributed by atoms with Crippen molar-refractivity contribution in [1.82, 2.24) is 35.6 Å². The Morgan fingerprint density at radius 1 is 0.958 bits per heavy atom. The molecule has 19 heteroatoms. The second-order valence-electron chi connectivity index (χ2n) is 12.7. The summed E-state index contributed by atoms with van der Waals surface area (Å²) >= 11 is 0. The van der Waals surface area contributed by atoms with E-state index in [1.54, 1.807) is 6.07 Å². The lowest BCUT2D eigenvalue weighted by Crippen LogP contribution is -2.56. The molecule has 0 spiro atoms. The van der Waals surface area contributed by atoms with Gasteiger partial charge in [-0.25, -0.2) is 9.18 Å². The molecule has 2 aromatic rings. The summed E-state index contributed by atoms with van der Waals surface area (Å²) in [4.78, 5) is 70.8. The van der Waals surface area contributed by atoms with Gasteiger partial charge in [-0.05, 0) is 50.7 Å². The van der Waals surface area contributed by atoms with Crippen molar-refractivity contribution in [3.8, 4) is 0 Å². The Morgan fingerprint density at radius 3 is 2.40 bits per heavy atom. The maximum Gasteiger partial charge on any atom is 0.418 e. The maximum absolute atomic E-state index is 15.3. The lowest BCUT2D eigenvalue weighted by atomic mass is 9.99. The summed E-state index contributed by atoms with van der Waals surface area (Å²) in [7, 11) is -4.96. The number of amides is 5. The molecule has 4 aliphatic heterocycles. The highest BCUT2D eigenvalue weighted by molar-refractivity contribution is 7.80. The minimum absolute atomic E-state index is 0.00336. The van der Waals surface area contributed by atoms with Gasteiger partial charge in [-0.15, -0.1) is 4.28 Å². The molecule has 4 N–H and O–H groups in total. The van der Waals surface area contributed by atoms with Gasteiger partial charge < -0.3 is 24.6 Å². The van der Waals surface area contributed by atoms with Crippen molar-refractivity contribution in [2.75, 3.05) is 44.2 Å². The Hall–Kier alpha value is -4.33. The van der Waals surface area contributed by atoms with Crippen LogP contribution in [0.3, 0.4) is 0 Å². The number of hydrogen-bond donors (Lipinski definition) is 4. The molecule has 1 aromatic carbocycles. The molecule has 1 aromatic heterocycles. The number of aromatic nitrogens is 1. The fraction of sp³-hybridized carbons (Fsp3) is 0.552. The van der Waals surface area contributed by atoms with E-state index in [-0.39, 0.29) is 49.3 Å². The van der Waals surface area contributed by atoms with Crippen LogP contribution in [0, 0.1) is 5.82 Å². The number of carbonyl (C=O) groups is 4. The largest absolute Gasteiger partial charge is 0.418 e. The van der Waals surface area contributed by atoms with Crippen molar-refractivity contribution in [2.24, 2.45) is 0 Å². The van der Waals surface area contributed by atoms with Crippen LogP contribution in [-0.4, -0.2) is 114 Å². The molecule has 0 unspecified atom stereocenters. The van der Waals surface area contributed by atoms with E-state index in [2.05, 4.69) is 20.5 Å². The molecule has 17 nitrogen and oxygen atoms in total. The van der Waals surface area contributed by atoms with Crippen LogP contribution in [0.5, 0.6) is 0 Å². The Labute approximate surface area is 273 Å². The summed E-state index contributed by atoms with van der Waals surface area (Å²) in [6.07, 6.45) is 4.24. The fourth-order valence-electron chi connectivity index (χ4n) is 7.18. The molecule has 7 rings (SSSR count). The summed E-state index contributed by atoms with van der Waals surface area (Å²) in [6, 6.07) is -0.689. The first kappa shape index (κ1) is 32.2. The second kappa shape index (κ2) is 12.3. The number of piperazine rings is 1. The third-order valence-corrected chi connectivity index (χ3v) is 10.0. The molecule has 5 heterocycles. The van der Waals surface area contributed by atoms with Crippen LogP contribution in [0.4, 0.5) is 14.9 Å². The summed E-state index contributed by atoms with van der Waals surface area (Å²) in [6.45, 7) is 2.84. The van der Waals surface area contributed by atoms with Crippen LogP contribution in [0.15, 0.2) is 23.1 Å². The highest BCUT2D eigenvalue weighted by Gasteiger charge is 2.51. The first-order valence-corrected chi connectivity index (χ1v) is 17.3. The van der Waals surface area contributed by atoms with Crippen molar-refractivity contribution < 1.29 is 40.8 Å². The summed E-state index contributed by atoms with van der Waals surface area (Å²) in [5, 5.41) is 3.82. The smallest absolute Gasteiger partial charge is 0.367 e. The number of piperidine rings is 1. The second-order valence-corrected chi connectivity index (χ2v) is 13.7. The van der Waals surface area contributed by atoms with E-state index in [9.17, 15) is 32.4 Å². The van der Waals surface area contributed by atoms with Crippen molar-refractivity contribution in [1.29, 1.82) is 0 Å². The number of likely N-dealkylation sites (tertiary alicyclic amines) is 1. The maximum atomic E-state index is 15.3. The van der Waals surface area contributed by atoms with Crippen molar-refractivity contribution in [3.05, 3.63) is 39.9 Å². The van der Waals surface area contributed by atoms with Crippen LogP contribution in [0.1, 0.15) is 54.9 Å². The number of hydroxylamine groups is 2. The van der Waals surface area contributed by atoms with Gasteiger partial charge in [-0.3, -0.25) is 34.6 Å². The molecule has 5 fully saturated rings. The molecule has 4 saturated heterocycles. The molecular weight excluding hydrogens is 655 g/mol. The number of pyridine rings is 1. The normalized spacial score (nSPS) is 24.4. The summed E-state index contributed by atoms with van der Waals surface area (Å²) in [5.41, 5.74) is 4.55. The van der Waals surface area contributed by atoms with Crippen molar-refractivity contribution in [3.63, 3.8) is 0 Å². The van der Waals surface area contributed by atoms with E-state index in [0.717, 1.165) is 23.8 Å².